The van der Waals surface area contributed by atoms with Gasteiger partial charge in [0.1, 0.15) is 0 Å². The highest BCUT2D eigenvalue weighted by Crippen LogP contribution is 2.11. The lowest BCUT2D eigenvalue weighted by atomic mass is 10.1. The van der Waals surface area contributed by atoms with Gasteiger partial charge in [0.15, 0.2) is 5.96 Å². The van der Waals surface area contributed by atoms with E-state index in [4.69, 9.17) is 4.74 Å². The number of benzene rings is 1. The maximum atomic E-state index is 5.40. The largest absolute Gasteiger partial charge is 0.381 e. The number of nitrogens with one attached hydrogen (secondary N) is 1. The Kier molecular flexibility index (Phi) is 5.41. The topological polar surface area (TPSA) is 36.9 Å². The molecule has 1 N–H and O–H groups in total. The minimum atomic E-state index is 0.611. The van der Waals surface area contributed by atoms with Gasteiger partial charge in [0.25, 0.3) is 0 Å². The molecule has 1 aromatic rings. The summed E-state index contributed by atoms with van der Waals surface area (Å²) in [6.45, 7) is 5.67. The average molecular weight is 275 g/mol. The number of hydrogen-bond donors (Lipinski definition) is 1. The molecule has 0 aromatic heterocycles. The third kappa shape index (κ3) is 4.23. The Morgan fingerprint density at radius 3 is 2.75 bits per heavy atom. The van der Waals surface area contributed by atoms with E-state index in [9.17, 15) is 0 Å². The Bertz CT molecular complexity index is 436. The van der Waals surface area contributed by atoms with Crippen molar-refractivity contribution in [2.24, 2.45) is 10.9 Å². The molecule has 0 radical (unpaired) electrons. The van der Waals surface area contributed by atoms with Crippen molar-refractivity contribution in [3.8, 4) is 0 Å². The molecule has 1 aromatic carbocycles. The first-order valence-electron chi connectivity index (χ1n) is 7.24. The van der Waals surface area contributed by atoms with E-state index in [-0.39, 0.29) is 0 Å². The van der Waals surface area contributed by atoms with Crippen molar-refractivity contribution < 1.29 is 4.74 Å². The Hall–Kier alpha value is -1.55. The lowest BCUT2D eigenvalue weighted by Gasteiger charge is -2.23. The lowest BCUT2D eigenvalue weighted by molar-refractivity contribution is 0.186. The van der Waals surface area contributed by atoms with Crippen LogP contribution in [0.5, 0.6) is 0 Å². The summed E-state index contributed by atoms with van der Waals surface area (Å²) in [4.78, 5) is 6.51. The molecule has 0 bridgehead atoms. The smallest absolute Gasteiger partial charge is 0.193 e. The third-order valence-electron chi connectivity index (χ3n) is 3.69. The Morgan fingerprint density at radius 2 is 2.15 bits per heavy atom. The van der Waals surface area contributed by atoms with E-state index in [2.05, 4.69) is 53.4 Å². The van der Waals surface area contributed by atoms with Crippen LogP contribution in [-0.4, -0.2) is 44.7 Å². The van der Waals surface area contributed by atoms with E-state index in [1.54, 1.807) is 0 Å². The zero-order chi connectivity index (χ0) is 14.4. The van der Waals surface area contributed by atoms with Crippen molar-refractivity contribution in [2.75, 3.05) is 33.9 Å². The second-order valence-electron chi connectivity index (χ2n) is 5.50. The Morgan fingerprint density at radius 1 is 1.40 bits per heavy atom. The first kappa shape index (κ1) is 14.9. The molecule has 4 heteroatoms. The van der Waals surface area contributed by atoms with Gasteiger partial charge in [-0.25, -0.2) is 0 Å². The van der Waals surface area contributed by atoms with Crippen LogP contribution >= 0.6 is 0 Å². The van der Waals surface area contributed by atoms with E-state index < -0.39 is 0 Å². The maximum absolute atomic E-state index is 5.40. The number of aryl methyl sites for hydroxylation is 1. The Balaban J connectivity index is 1.84. The van der Waals surface area contributed by atoms with Gasteiger partial charge in [-0.05, 0) is 18.9 Å². The van der Waals surface area contributed by atoms with Gasteiger partial charge in [-0.1, -0.05) is 29.8 Å². The molecular formula is C16H25N3O. The van der Waals surface area contributed by atoms with Gasteiger partial charge in [0.2, 0.25) is 0 Å². The van der Waals surface area contributed by atoms with Gasteiger partial charge in [-0.3, -0.25) is 4.99 Å². The number of rotatable bonds is 4. The molecule has 1 aliphatic rings. The Labute approximate surface area is 121 Å². The van der Waals surface area contributed by atoms with Crippen molar-refractivity contribution in [1.82, 2.24) is 10.2 Å². The highest BCUT2D eigenvalue weighted by atomic mass is 16.5. The van der Waals surface area contributed by atoms with Gasteiger partial charge in [0.05, 0.1) is 6.61 Å². The maximum Gasteiger partial charge on any atom is 0.193 e. The first-order chi connectivity index (χ1) is 9.69. The first-order valence-corrected chi connectivity index (χ1v) is 7.24. The monoisotopic (exact) mass is 275 g/mol. The van der Waals surface area contributed by atoms with Crippen LogP contribution in [0, 0.1) is 12.8 Å². The van der Waals surface area contributed by atoms with E-state index in [1.807, 2.05) is 7.05 Å². The second-order valence-corrected chi connectivity index (χ2v) is 5.50. The normalized spacial score (nSPS) is 19.1. The molecule has 1 unspecified atom stereocenters. The zero-order valence-corrected chi connectivity index (χ0v) is 12.7. The zero-order valence-electron chi connectivity index (χ0n) is 12.7. The molecule has 1 fully saturated rings. The molecule has 1 atom stereocenters. The molecule has 1 heterocycles. The lowest BCUT2D eigenvalue weighted by Crippen LogP contribution is -2.40. The SMILES string of the molecule is CN=C(NCC1CCOC1)N(C)Cc1ccc(C)cc1. The molecule has 20 heavy (non-hydrogen) atoms. The van der Waals surface area contributed by atoms with Crippen LogP contribution in [0.2, 0.25) is 0 Å². The summed E-state index contributed by atoms with van der Waals surface area (Å²) >= 11 is 0. The van der Waals surface area contributed by atoms with E-state index >= 15 is 0 Å². The fourth-order valence-electron chi connectivity index (χ4n) is 2.41. The molecule has 0 aliphatic carbocycles. The van der Waals surface area contributed by atoms with Crippen LogP contribution in [0.25, 0.3) is 0 Å². The summed E-state index contributed by atoms with van der Waals surface area (Å²) in [5.41, 5.74) is 2.59. The summed E-state index contributed by atoms with van der Waals surface area (Å²) in [7, 11) is 3.90. The van der Waals surface area contributed by atoms with Crippen molar-refractivity contribution in [3.63, 3.8) is 0 Å². The van der Waals surface area contributed by atoms with Gasteiger partial charge < -0.3 is 15.0 Å². The number of hydrogen-bond acceptors (Lipinski definition) is 2. The highest BCUT2D eigenvalue weighted by Gasteiger charge is 2.16. The van der Waals surface area contributed by atoms with E-state index in [1.165, 1.54) is 11.1 Å². The number of nitrogens with zero attached hydrogens (tertiary/aromatic N) is 2. The third-order valence-corrected chi connectivity index (χ3v) is 3.69. The van der Waals surface area contributed by atoms with Gasteiger partial charge in [-0.2, -0.15) is 0 Å². The fraction of sp³-hybridized carbons (Fsp3) is 0.562. The van der Waals surface area contributed by atoms with Crippen LogP contribution in [-0.2, 0) is 11.3 Å². The molecule has 2 rings (SSSR count). The van der Waals surface area contributed by atoms with Gasteiger partial charge in [-0.15, -0.1) is 0 Å². The molecule has 0 saturated carbocycles. The number of ether oxygens (including phenoxy) is 1. The van der Waals surface area contributed by atoms with Crippen LogP contribution in [0.3, 0.4) is 0 Å². The molecule has 1 saturated heterocycles. The predicted molar refractivity (Wildman–Crippen MR) is 82.9 cm³/mol. The van der Waals surface area contributed by atoms with Crippen LogP contribution in [0.4, 0.5) is 0 Å². The van der Waals surface area contributed by atoms with Crippen molar-refractivity contribution in [1.29, 1.82) is 0 Å². The molecule has 4 nitrogen and oxygen atoms in total. The number of aliphatic imine (C=N–C) groups is 1. The summed E-state index contributed by atoms with van der Waals surface area (Å²) in [5.74, 6) is 1.55. The minimum absolute atomic E-state index is 0.611. The summed E-state index contributed by atoms with van der Waals surface area (Å²) in [6, 6.07) is 8.64. The molecule has 0 amide bonds. The van der Waals surface area contributed by atoms with Crippen LogP contribution in [0.1, 0.15) is 17.5 Å². The highest BCUT2D eigenvalue weighted by molar-refractivity contribution is 5.79. The van der Waals surface area contributed by atoms with Gasteiger partial charge in [0, 0.05) is 39.7 Å². The number of guanidine groups is 1. The quantitative estimate of drug-likeness (QED) is 0.675. The summed E-state index contributed by atoms with van der Waals surface area (Å²) in [6.07, 6.45) is 1.14. The van der Waals surface area contributed by atoms with Crippen LogP contribution in [0.15, 0.2) is 29.3 Å². The predicted octanol–water partition coefficient (Wildman–Crippen LogP) is 2.04. The molecule has 0 spiro atoms. The minimum Gasteiger partial charge on any atom is -0.381 e. The fourth-order valence-corrected chi connectivity index (χ4v) is 2.41. The summed E-state index contributed by atoms with van der Waals surface area (Å²) in [5, 5.41) is 3.44. The van der Waals surface area contributed by atoms with Crippen molar-refractivity contribution >= 4 is 5.96 Å². The van der Waals surface area contributed by atoms with Crippen molar-refractivity contribution in [2.45, 2.75) is 19.9 Å². The van der Waals surface area contributed by atoms with Crippen LogP contribution < -0.4 is 5.32 Å². The average Bonchev–Trinajstić information content (AvgIpc) is 2.95. The molecule has 1 aliphatic heterocycles. The van der Waals surface area contributed by atoms with Crippen molar-refractivity contribution in [3.05, 3.63) is 35.4 Å². The van der Waals surface area contributed by atoms with E-state index in [0.717, 1.165) is 38.7 Å². The standard InChI is InChI=1S/C16H25N3O/c1-13-4-6-14(7-5-13)11-19(3)16(17-2)18-10-15-8-9-20-12-15/h4-7,15H,8-12H2,1-3H3,(H,17,18). The summed E-state index contributed by atoms with van der Waals surface area (Å²) < 4.78 is 5.40. The molecular weight excluding hydrogens is 250 g/mol. The van der Waals surface area contributed by atoms with E-state index in [0.29, 0.717) is 5.92 Å². The van der Waals surface area contributed by atoms with Gasteiger partial charge >= 0.3 is 0 Å². The second kappa shape index (κ2) is 7.29. The molecule has 110 valence electrons.